The molecule has 4 nitrogen and oxygen atoms in total. The van der Waals surface area contributed by atoms with Crippen LogP contribution in [0.5, 0.6) is 0 Å². The lowest BCUT2D eigenvalue weighted by Crippen LogP contribution is -2.07. The maximum absolute atomic E-state index is 4.24. The molecule has 0 radical (unpaired) electrons. The van der Waals surface area contributed by atoms with Crippen LogP contribution in [0.25, 0.3) is 0 Å². The van der Waals surface area contributed by atoms with Gasteiger partial charge in [0.25, 0.3) is 0 Å². The predicted octanol–water partition coefficient (Wildman–Crippen LogP) is 2.44. The van der Waals surface area contributed by atoms with Crippen LogP contribution in [0.1, 0.15) is 39.3 Å². The van der Waals surface area contributed by atoms with Crippen LogP contribution in [0.3, 0.4) is 0 Å². The molecule has 0 aliphatic carbocycles. The van der Waals surface area contributed by atoms with Crippen molar-refractivity contribution in [1.29, 1.82) is 0 Å². The molecule has 0 spiro atoms. The topological polar surface area (TPSA) is 50.5 Å². The van der Waals surface area contributed by atoms with E-state index in [9.17, 15) is 0 Å². The van der Waals surface area contributed by atoms with Gasteiger partial charge in [0, 0.05) is 35.9 Å². The highest BCUT2D eigenvalue weighted by Gasteiger charge is 2.09. The highest BCUT2D eigenvalue weighted by molar-refractivity contribution is 5.89. The molecule has 1 atom stereocenters. The molecule has 0 fully saturated rings. The second-order valence-electron chi connectivity index (χ2n) is 3.64. The van der Waals surface area contributed by atoms with Crippen LogP contribution in [0.15, 0.2) is 28.8 Å². The van der Waals surface area contributed by atoms with E-state index in [0.717, 1.165) is 17.1 Å². The maximum Gasteiger partial charge on any atom is 0.0671 e. The van der Waals surface area contributed by atoms with Crippen molar-refractivity contribution in [3.05, 3.63) is 24.3 Å². The van der Waals surface area contributed by atoms with E-state index in [-0.39, 0.29) is 5.92 Å². The van der Waals surface area contributed by atoms with Gasteiger partial charge in [-0.15, -0.1) is 0 Å². The van der Waals surface area contributed by atoms with Crippen LogP contribution in [-0.2, 0) is 0 Å². The summed E-state index contributed by atoms with van der Waals surface area (Å²) in [6, 6.07) is 0. The summed E-state index contributed by atoms with van der Waals surface area (Å²) in [6.07, 6.45) is 5.11. The molecule has 0 aliphatic heterocycles. The lowest BCUT2D eigenvalue weighted by molar-refractivity contribution is 0.914. The lowest BCUT2D eigenvalue weighted by Gasteiger charge is -2.08. The first kappa shape index (κ1) is 11.5. The molecule has 0 saturated heterocycles. The fraction of sp³-hybridized carbons (Fsp3) is 0.455. The zero-order valence-corrected chi connectivity index (χ0v) is 9.60. The summed E-state index contributed by atoms with van der Waals surface area (Å²) in [7, 11) is 0. The first-order valence-corrected chi connectivity index (χ1v) is 4.92. The molecule has 15 heavy (non-hydrogen) atoms. The van der Waals surface area contributed by atoms with E-state index in [0.29, 0.717) is 0 Å². The first-order chi connectivity index (χ1) is 7.11. The Labute approximate surface area is 90.2 Å². The van der Waals surface area contributed by atoms with Gasteiger partial charge in [-0.3, -0.25) is 9.97 Å². The molecule has 4 heteroatoms. The zero-order valence-electron chi connectivity index (χ0n) is 9.60. The molecule has 0 N–H and O–H groups in total. The number of hydrogen-bond acceptors (Lipinski definition) is 4. The van der Waals surface area contributed by atoms with Crippen LogP contribution < -0.4 is 0 Å². The summed E-state index contributed by atoms with van der Waals surface area (Å²) >= 11 is 0. The normalized spacial score (nSPS) is 13.5. The van der Waals surface area contributed by atoms with Crippen molar-refractivity contribution < 1.29 is 0 Å². The quantitative estimate of drug-likeness (QED) is 0.561. The van der Waals surface area contributed by atoms with Crippen molar-refractivity contribution in [3.63, 3.8) is 0 Å². The number of rotatable bonds is 3. The molecule has 0 saturated carbocycles. The Kier molecular flexibility index (Phi) is 4.09. The monoisotopic (exact) mass is 204 g/mol. The smallest absolute Gasteiger partial charge is 0.0671 e. The minimum Gasteiger partial charge on any atom is -0.261 e. The van der Waals surface area contributed by atoms with Crippen LogP contribution in [0.4, 0.5) is 0 Å². The van der Waals surface area contributed by atoms with Gasteiger partial charge in [-0.2, -0.15) is 10.2 Å². The molecule has 1 unspecified atom stereocenters. The van der Waals surface area contributed by atoms with Crippen molar-refractivity contribution in [3.8, 4) is 0 Å². The number of hydrogen-bond donors (Lipinski definition) is 0. The van der Waals surface area contributed by atoms with Gasteiger partial charge in [0.2, 0.25) is 0 Å². The average molecular weight is 204 g/mol. The Morgan fingerprint density at radius 3 is 2.47 bits per heavy atom. The first-order valence-electron chi connectivity index (χ1n) is 4.92. The van der Waals surface area contributed by atoms with Crippen LogP contribution in [0.2, 0.25) is 0 Å². The van der Waals surface area contributed by atoms with Gasteiger partial charge >= 0.3 is 0 Å². The minimum atomic E-state index is 0.154. The Morgan fingerprint density at radius 1 is 1.20 bits per heavy atom. The largest absolute Gasteiger partial charge is 0.261 e. The van der Waals surface area contributed by atoms with Crippen molar-refractivity contribution in [2.24, 2.45) is 10.2 Å². The van der Waals surface area contributed by atoms with E-state index in [2.05, 4.69) is 20.2 Å². The van der Waals surface area contributed by atoms with E-state index >= 15 is 0 Å². The third-order valence-electron chi connectivity index (χ3n) is 2.06. The standard InChI is InChI=1S/C11H16N4/c1-8(2)14-15-10(4)9(3)11-7-12-5-6-13-11/h5-7,9H,1-4H3/b15-10+. The molecular formula is C11H16N4. The van der Waals surface area contributed by atoms with E-state index in [4.69, 9.17) is 0 Å². The molecule has 0 aromatic carbocycles. The number of aromatic nitrogens is 2. The Bertz CT molecular complexity index is 363. The van der Waals surface area contributed by atoms with Gasteiger partial charge < -0.3 is 0 Å². The van der Waals surface area contributed by atoms with Crippen LogP contribution in [-0.4, -0.2) is 21.4 Å². The molecule has 0 bridgehead atoms. The summed E-state index contributed by atoms with van der Waals surface area (Å²) in [4.78, 5) is 8.27. The third kappa shape index (κ3) is 3.58. The SMILES string of the molecule is CC(C)=N/N=C(\C)C(C)c1cnccn1. The third-order valence-corrected chi connectivity index (χ3v) is 2.06. The molecule has 80 valence electrons. The minimum absolute atomic E-state index is 0.154. The molecular weight excluding hydrogens is 188 g/mol. The van der Waals surface area contributed by atoms with Gasteiger partial charge in [-0.25, -0.2) is 0 Å². The Hall–Kier alpha value is -1.58. The second-order valence-corrected chi connectivity index (χ2v) is 3.64. The van der Waals surface area contributed by atoms with E-state index in [1.807, 2.05) is 27.7 Å². The number of nitrogens with zero attached hydrogens (tertiary/aromatic N) is 4. The van der Waals surface area contributed by atoms with Gasteiger partial charge in [-0.05, 0) is 20.8 Å². The summed E-state index contributed by atoms with van der Waals surface area (Å²) in [5.41, 5.74) is 2.81. The fourth-order valence-corrected chi connectivity index (χ4v) is 1.01. The zero-order chi connectivity index (χ0) is 11.3. The van der Waals surface area contributed by atoms with E-state index in [1.165, 1.54) is 0 Å². The summed E-state index contributed by atoms with van der Waals surface area (Å²) in [5, 5.41) is 8.16. The lowest BCUT2D eigenvalue weighted by atomic mass is 10.0. The summed E-state index contributed by atoms with van der Waals surface area (Å²) in [6.45, 7) is 7.84. The molecule has 0 aliphatic rings. The van der Waals surface area contributed by atoms with Crippen molar-refractivity contribution >= 4 is 11.4 Å². The van der Waals surface area contributed by atoms with Gasteiger partial charge in [0.1, 0.15) is 0 Å². The highest BCUT2D eigenvalue weighted by atomic mass is 15.2. The maximum atomic E-state index is 4.24. The molecule has 0 amide bonds. The average Bonchev–Trinajstić information content (AvgIpc) is 2.26. The second kappa shape index (κ2) is 5.34. The van der Waals surface area contributed by atoms with Crippen molar-refractivity contribution in [2.45, 2.75) is 33.6 Å². The predicted molar refractivity (Wildman–Crippen MR) is 62.3 cm³/mol. The van der Waals surface area contributed by atoms with Crippen LogP contribution in [0, 0.1) is 0 Å². The molecule has 1 rings (SSSR count). The molecule has 1 aromatic rings. The van der Waals surface area contributed by atoms with Crippen molar-refractivity contribution in [1.82, 2.24) is 9.97 Å². The van der Waals surface area contributed by atoms with Gasteiger partial charge in [0.05, 0.1) is 5.69 Å². The van der Waals surface area contributed by atoms with Crippen molar-refractivity contribution in [2.75, 3.05) is 0 Å². The fourth-order valence-electron chi connectivity index (χ4n) is 1.01. The van der Waals surface area contributed by atoms with Gasteiger partial charge in [-0.1, -0.05) is 6.92 Å². The Morgan fingerprint density at radius 2 is 1.93 bits per heavy atom. The summed E-state index contributed by atoms with van der Waals surface area (Å²) in [5.74, 6) is 0.154. The van der Waals surface area contributed by atoms with Gasteiger partial charge in [0.15, 0.2) is 0 Å². The van der Waals surface area contributed by atoms with E-state index < -0.39 is 0 Å². The molecule has 1 heterocycles. The molecule has 1 aromatic heterocycles. The Balaban J connectivity index is 2.82. The highest BCUT2D eigenvalue weighted by Crippen LogP contribution is 2.12. The van der Waals surface area contributed by atoms with E-state index in [1.54, 1.807) is 18.6 Å². The summed E-state index contributed by atoms with van der Waals surface area (Å²) < 4.78 is 0. The van der Waals surface area contributed by atoms with Crippen LogP contribution >= 0.6 is 0 Å².